The molecule has 0 radical (unpaired) electrons. The van der Waals surface area contributed by atoms with Crippen LogP contribution in [0, 0.1) is 13.8 Å². The van der Waals surface area contributed by atoms with Gasteiger partial charge in [-0.3, -0.25) is 4.68 Å². The molecule has 5 nitrogen and oxygen atoms in total. The molecular weight excluding hydrogens is 330 g/mol. The molecule has 1 N–H and O–H groups in total. The molecule has 0 amide bonds. The van der Waals surface area contributed by atoms with E-state index in [-0.39, 0.29) is 0 Å². The van der Waals surface area contributed by atoms with Gasteiger partial charge in [0.25, 0.3) is 0 Å². The van der Waals surface area contributed by atoms with E-state index < -0.39 is 6.10 Å². The highest BCUT2D eigenvalue weighted by atomic mass is 79.9. The highest BCUT2D eigenvalue weighted by molar-refractivity contribution is 9.10. The van der Waals surface area contributed by atoms with Crippen molar-refractivity contribution < 1.29 is 9.84 Å². The van der Waals surface area contributed by atoms with Crippen molar-refractivity contribution in [1.29, 1.82) is 0 Å². The van der Waals surface area contributed by atoms with Gasteiger partial charge >= 0.3 is 0 Å². The van der Waals surface area contributed by atoms with Gasteiger partial charge in [0.1, 0.15) is 6.10 Å². The minimum Gasteiger partial charge on any atom is -0.383 e. The normalized spacial score (nSPS) is 12.9. The summed E-state index contributed by atoms with van der Waals surface area (Å²) in [6, 6.07) is 0. The molecule has 0 aromatic carbocycles. The predicted molar refractivity (Wildman–Crippen MR) is 77.5 cm³/mol. The van der Waals surface area contributed by atoms with Crippen LogP contribution in [0.5, 0.6) is 0 Å². The van der Waals surface area contributed by atoms with Crippen molar-refractivity contribution in [1.82, 2.24) is 14.8 Å². The van der Waals surface area contributed by atoms with E-state index >= 15 is 0 Å². The van der Waals surface area contributed by atoms with Gasteiger partial charge in [-0.25, -0.2) is 4.98 Å². The number of ether oxygens (including phenoxy) is 1. The summed E-state index contributed by atoms with van der Waals surface area (Å²) in [7, 11) is 1.64. The summed E-state index contributed by atoms with van der Waals surface area (Å²) >= 11 is 4.95. The van der Waals surface area contributed by atoms with Crippen molar-refractivity contribution in [3.05, 3.63) is 31.9 Å². The Balaban J connectivity index is 2.35. The molecule has 19 heavy (non-hydrogen) atoms. The van der Waals surface area contributed by atoms with E-state index in [1.165, 1.54) is 11.3 Å². The number of aryl methyl sites for hydroxylation is 2. The number of thiazole rings is 1. The lowest BCUT2D eigenvalue weighted by Gasteiger charge is -2.13. The lowest BCUT2D eigenvalue weighted by molar-refractivity contribution is 0.171. The molecule has 2 aromatic rings. The number of methoxy groups -OCH3 is 1. The summed E-state index contributed by atoms with van der Waals surface area (Å²) in [5.74, 6) is 0. The molecule has 2 heterocycles. The van der Waals surface area contributed by atoms with Crippen LogP contribution in [0.2, 0.25) is 0 Å². The molecule has 0 bridgehead atoms. The van der Waals surface area contributed by atoms with Crippen molar-refractivity contribution >= 4 is 27.3 Å². The van der Waals surface area contributed by atoms with Crippen LogP contribution in [0.15, 0.2) is 10.7 Å². The Morgan fingerprint density at radius 2 is 2.26 bits per heavy atom. The van der Waals surface area contributed by atoms with Crippen molar-refractivity contribution in [3.8, 4) is 0 Å². The van der Waals surface area contributed by atoms with Gasteiger partial charge in [-0.05, 0) is 29.8 Å². The first kappa shape index (κ1) is 14.6. The number of halogens is 1. The topological polar surface area (TPSA) is 60.2 Å². The van der Waals surface area contributed by atoms with Crippen LogP contribution in [0.4, 0.5) is 0 Å². The summed E-state index contributed by atoms with van der Waals surface area (Å²) in [4.78, 5) is 5.21. The maximum atomic E-state index is 10.6. The van der Waals surface area contributed by atoms with E-state index in [2.05, 4.69) is 26.0 Å². The van der Waals surface area contributed by atoms with E-state index in [4.69, 9.17) is 4.74 Å². The molecule has 2 rings (SSSR count). The van der Waals surface area contributed by atoms with Gasteiger partial charge in [0.05, 0.1) is 45.1 Å². The minimum atomic E-state index is -0.722. The molecule has 0 spiro atoms. The zero-order valence-electron chi connectivity index (χ0n) is 11.1. The number of nitrogens with zero attached hydrogens (tertiary/aromatic N) is 3. The van der Waals surface area contributed by atoms with Gasteiger partial charge in [0.15, 0.2) is 0 Å². The summed E-state index contributed by atoms with van der Waals surface area (Å²) in [5, 5.41) is 15.8. The van der Waals surface area contributed by atoms with Crippen molar-refractivity contribution in [3.63, 3.8) is 0 Å². The molecule has 1 atom stereocenters. The number of aliphatic hydroxyl groups excluding tert-OH is 1. The Morgan fingerprint density at radius 1 is 1.53 bits per heavy atom. The highest BCUT2D eigenvalue weighted by Crippen LogP contribution is 2.33. The maximum absolute atomic E-state index is 10.6. The second-order valence-corrected chi connectivity index (χ2v) is 6.27. The SMILES string of the molecule is COCCn1ncc(Br)c1C(O)c1sc(C)nc1C. The zero-order valence-corrected chi connectivity index (χ0v) is 13.5. The van der Waals surface area contributed by atoms with E-state index in [1.807, 2.05) is 13.8 Å². The van der Waals surface area contributed by atoms with E-state index in [9.17, 15) is 5.11 Å². The summed E-state index contributed by atoms with van der Waals surface area (Å²) in [6.45, 7) is 5.00. The average molecular weight is 346 g/mol. The average Bonchev–Trinajstić information content (AvgIpc) is 2.89. The fourth-order valence-corrected chi connectivity index (χ4v) is 3.36. The van der Waals surface area contributed by atoms with E-state index in [1.54, 1.807) is 18.0 Å². The monoisotopic (exact) mass is 345 g/mol. The molecule has 104 valence electrons. The number of aliphatic hydroxyl groups is 1. The molecule has 1 unspecified atom stereocenters. The molecule has 2 aromatic heterocycles. The minimum absolute atomic E-state index is 0.550. The summed E-state index contributed by atoms with van der Waals surface area (Å²) in [6.07, 6.45) is 0.970. The lowest BCUT2D eigenvalue weighted by atomic mass is 10.2. The number of hydrogen-bond acceptors (Lipinski definition) is 5. The first-order chi connectivity index (χ1) is 9.04. The standard InChI is InChI=1S/C12H16BrN3O2S/c1-7-12(19-8(2)15-7)11(17)10-9(13)6-14-16(10)4-5-18-3/h6,11,17H,4-5H2,1-3H3. The molecule has 0 fully saturated rings. The Kier molecular flexibility index (Phi) is 4.72. The molecule has 0 saturated heterocycles. The first-order valence-corrected chi connectivity index (χ1v) is 7.47. The predicted octanol–water partition coefficient (Wildman–Crippen LogP) is 2.45. The molecule has 0 aliphatic carbocycles. The second kappa shape index (κ2) is 6.13. The molecular formula is C12H16BrN3O2S. The van der Waals surface area contributed by atoms with Gasteiger partial charge in [-0.15, -0.1) is 11.3 Å². The largest absolute Gasteiger partial charge is 0.383 e. The highest BCUT2D eigenvalue weighted by Gasteiger charge is 2.23. The van der Waals surface area contributed by atoms with Crippen LogP contribution in [0.1, 0.15) is 27.4 Å². The molecule has 7 heteroatoms. The third kappa shape index (κ3) is 3.05. The quantitative estimate of drug-likeness (QED) is 0.904. The van der Waals surface area contributed by atoms with Crippen molar-refractivity contribution in [2.24, 2.45) is 0 Å². The number of hydrogen-bond donors (Lipinski definition) is 1. The van der Waals surface area contributed by atoms with Gasteiger partial charge in [0.2, 0.25) is 0 Å². The Hall–Kier alpha value is -0.760. The van der Waals surface area contributed by atoms with E-state index in [0.717, 1.165) is 25.7 Å². The van der Waals surface area contributed by atoms with Crippen molar-refractivity contribution in [2.45, 2.75) is 26.5 Å². The van der Waals surface area contributed by atoms with Crippen LogP contribution >= 0.6 is 27.3 Å². The van der Waals surface area contributed by atoms with Crippen LogP contribution in [0.3, 0.4) is 0 Å². The van der Waals surface area contributed by atoms with Crippen molar-refractivity contribution in [2.75, 3.05) is 13.7 Å². The Morgan fingerprint density at radius 3 is 2.84 bits per heavy atom. The zero-order chi connectivity index (χ0) is 14.0. The number of aromatic nitrogens is 3. The van der Waals surface area contributed by atoms with Gasteiger partial charge in [-0.2, -0.15) is 5.10 Å². The summed E-state index contributed by atoms with van der Waals surface area (Å²) < 4.78 is 7.61. The second-order valence-electron chi connectivity index (χ2n) is 4.18. The van der Waals surface area contributed by atoms with Crippen LogP contribution in [-0.2, 0) is 11.3 Å². The van der Waals surface area contributed by atoms with Gasteiger partial charge in [-0.1, -0.05) is 0 Å². The fourth-order valence-electron chi connectivity index (χ4n) is 1.92. The van der Waals surface area contributed by atoms with Crippen LogP contribution in [-0.4, -0.2) is 33.6 Å². The van der Waals surface area contributed by atoms with Crippen LogP contribution < -0.4 is 0 Å². The third-order valence-electron chi connectivity index (χ3n) is 2.79. The van der Waals surface area contributed by atoms with Gasteiger partial charge in [0, 0.05) is 7.11 Å². The first-order valence-electron chi connectivity index (χ1n) is 5.86. The van der Waals surface area contributed by atoms with E-state index in [0.29, 0.717) is 13.2 Å². The molecule has 0 aliphatic rings. The molecule has 0 saturated carbocycles. The lowest BCUT2D eigenvalue weighted by Crippen LogP contribution is -2.13. The Bertz CT molecular complexity index is 567. The summed E-state index contributed by atoms with van der Waals surface area (Å²) in [5.41, 5.74) is 1.60. The van der Waals surface area contributed by atoms with Gasteiger partial charge < -0.3 is 9.84 Å². The fraction of sp³-hybridized carbons (Fsp3) is 0.500. The number of rotatable bonds is 5. The molecule has 0 aliphatic heterocycles. The Labute approximate surface area is 124 Å². The third-order valence-corrected chi connectivity index (χ3v) is 4.52. The smallest absolute Gasteiger partial charge is 0.133 e. The van der Waals surface area contributed by atoms with Crippen LogP contribution in [0.25, 0.3) is 0 Å². The maximum Gasteiger partial charge on any atom is 0.133 e.